The Morgan fingerprint density at radius 2 is 2.33 bits per heavy atom. The van der Waals surface area contributed by atoms with E-state index in [1.54, 1.807) is 6.07 Å². The predicted octanol–water partition coefficient (Wildman–Crippen LogP) is 2.66. The first kappa shape index (κ1) is 11.8. The van der Waals surface area contributed by atoms with E-state index in [0.29, 0.717) is 9.50 Å². The van der Waals surface area contributed by atoms with Crippen molar-refractivity contribution in [2.45, 2.75) is 6.42 Å². The lowest BCUT2D eigenvalue weighted by Gasteiger charge is -2.07. The summed E-state index contributed by atoms with van der Waals surface area (Å²) in [5.74, 6) is -0.618. The second-order valence-corrected chi connectivity index (χ2v) is 3.96. The normalized spacial score (nSPS) is 9.40. The molecule has 0 atom stereocenters. The number of carbonyl (C=O) groups is 1. The first-order valence-corrected chi connectivity index (χ1v) is 5.06. The molecule has 0 aliphatic heterocycles. The Morgan fingerprint density at radius 1 is 1.67 bits per heavy atom. The molecule has 0 saturated heterocycles. The molecule has 1 aromatic rings. The van der Waals surface area contributed by atoms with Crippen molar-refractivity contribution in [1.29, 1.82) is 5.26 Å². The van der Waals surface area contributed by atoms with Crippen LogP contribution in [0, 0.1) is 11.3 Å². The number of aromatic hydroxyl groups is 1. The third kappa shape index (κ3) is 3.11. The van der Waals surface area contributed by atoms with Crippen LogP contribution in [0.25, 0.3) is 0 Å². The second-order valence-electron chi connectivity index (χ2n) is 2.67. The number of nitrogens with one attached hydrogen (secondary N) is 1. The molecule has 2 N–H and O–H groups in total. The van der Waals surface area contributed by atoms with Gasteiger partial charge in [0.2, 0.25) is 5.91 Å². The quantitative estimate of drug-likeness (QED) is 0.822. The first-order valence-electron chi connectivity index (χ1n) is 3.89. The Labute approximate surface area is 99.6 Å². The minimum atomic E-state index is -0.498. The lowest BCUT2D eigenvalue weighted by Crippen LogP contribution is -2.10. The summed E-state index contributed by atoms with van der Waals surface area (Å²) in [6, 6.07) is 4.59. The molecule has 0 aromatic heterocycles. The minimum absolute atomic E-state index is 0.120. The maximum atomic E-state index is 11.1. The molecule has 15 heavy (non-hydrogen) atoms. The summed E-state index contributed by atoms with van der Waals surface area (Å²) in [5.41, 5.74) is 0.176. The van der Waals surface area contributed by atoms with E-state index in [1.165, 1.54) is 12.1 Å². The number of anilines is 1. The number of phenolic OH excluding ortho intramolecular Hbond substituents is 1. The molecular formula is C9H6BrClN2O2. The van der Waals surface area contributed by atoms with E-state index in [4.69, 9.17) is 16.9 Å². The smallest absolute Gasteiger partial charge is 0.238 e. The molecule has 0 radical (unpaired) electrons. The van der Waals surface area contributed by atoms with E-state index in [9.17, 15) is 9.90 Å². The number of halogens is 2. The van der Waals surface area contributed by atoms with Gasteiger partial charge < -0.3 is 10.4 Å². The van der Waals surface area contributed by atoms with Gasteiger partial charge in [-0.1, -0.05) is 11.6 Å². The van der Waals surface area contributed by atoms with Crippen molar-refractivity contribution in [1.82, 2.24) is 0 Å². The van der Waals surface area contributed by atoms with Crippen LogP contribution < -0.4 is 5.32 Å². The maximum Gasteiger partial charge on any atom is 0.238 e. The monoisotopic (exact) mass is 288 g/mol. The fourth-order valence-corrected chi connectivity index (χ4v) is 1.74. The number of benzene rings is 1. The van der Waals surface area contributed by atoms with E-state index < -0.39 is 5.91 Å². The van der Waals surface area contributed by atoms with Crippen LogP contribution in [0.2, 0.25) is 5.02 Å². The lowest BCUT2D eigenvalue weighted by molar-refractivity contribution is -0.115. The van der Waals surface area contributed by atoms with Crippen molar-refractivity contribution < 1.29 is 9.90 Å². The fraction of sp³-hybridized carbons (Fsp3) is 0.111. The number of hydrogen-bond acceptors (Lipinski definition) is 3. The number of nitrogens with zero attached hydrogens (tertiary/aromatic N) is 1. The highest BCUT2D eigenvalue weighted by Gasteiger charge is 2.10. The van der Waals surface area contributed by atoms with Crippen molar-refractivity contribution in [2.24, 2.45) is 0 Å². The van der Waals surface area contributed by atoms with E-state index >= 15 is 0 Å². The largest absolute Gasteiger partial charge is 0.505 e. The average Bonchev–Trinajstić information content (AvgIpc) is 2.13. The topological polar surface area (TPSA) is 73.1 Å². The van der Waals surface area contributed by atoms with E-state index in [2.05, 4.69) is 21.2 Å². The van der Waals surface area contributed by atoms with Gasteiger partial charge in [0.15, 0.2) is 5.75 Å². The van der Waals surface area contributed by atoms with Crippen LogP contribution in [0.15, 0.2) is 16.6 Å². The summed E-state index contributed by atoms with van der Waals surface area (Å²) in [6.07, 6.45) is -0.274. The van der Waals surface area contributed by atoms with Gasteiger partial charge >= 0.3 is 0 Å². The Morgan fingerprint density at radius 3 is 2.93 bits per heavy atom. The maximum absolute atomic E-state index is 11.1. The average molecular weight is 290 g/mol. The SMILES string of the molecule is N#CCC(=O)Nc1cc(Cl)cc(Br)c1O. The molecule has 0 spiro atoms. The molecule has 0 aliphatic rings. The van der Waals surface area contributed by atoms with Gasteiger partial charge in [-0.2, -0.15) is 5.26 Å². The van der Waals surface area contributed by atoms with Crippen molar-refractivity contribution >= 4 is 39.1 Å². The molecule has 1 rings (SSSR count). The predicted molar refractivity (Wildman–Crippen MR) is 59.7 cm³/mol. The molecule has 1 amide bonds. The molecule has 6 heteroatoms. The molecule has 0 fully saturated rings. The van der Waals surface area contributed by atoms with Gasteiger partial charge in [-0.15, -0.1) is 0 Å². The van der Waals surface area contributed by atoms with Crippen molar-refractivity contribution in [3.05, 3.63) is 21.6 Å². The van der Waals surface area contributed by atoms with Crippen LogP contribution in [0.3, 0.4) is 0 Å². The first-order chi connectivity index (χ1) is 7.04. The summed E-state index contributed by atoms with van der Waals surface area (Å²) in [4.78, 5) is 11.1. The van der Waals surface area contributed by atoms with Gasteiger partial charge in [-0.25, -0.2) is 0 Å². The number of phenols is 1. The molecular weight excluding hydrogens is 283 g/mol. The van der Waals surface area contributed by atoms with Crippen LogP contribution in [-0.2, 0) is 4.79 Å². The second kappa shape index (κ2) is 5.01. The van der Waals surface area contributed by atoms with Gasteiger partial charge in [-0.3, -0.25) is 4.79 Å². The molecule has 0 unspecified atom stereocenters. The Balaban J connectivity index is 2.95. The van der Waals surface area contributed by atoms with Crippen LogP contribution >= 0.6 is 27.5 Å². The van der Waals surface area contributed by atoms with Crippen LogP contribution in [0.5, 0.6) is 5.75 Å². The van der Waals surface area contributed by atoms with Crippen molar-refractivity contribution in [2.75, 3.05) is 5.32 Å². The van der Waals surface area contributed by atoms with Gasteiger partial charge in [0.05, 0.1) is 16.2 Å². The zero-order valence-corrected chi connectivity index (χ0v) is 9.76. The third-order valence-electron chi connectivity index (χ3n) is 1.54. The summed E-state index contributed by atoms with van der Waals surface area (Å²) in [5, 5.41) is 20.6. The van der Waals surface area contributed by atoms with Gasteiger partial charge in [-0.05, 0) is 28.1 Å². The Bertz CT molecular complexity index is 442. The Kier molecular flexibility index (Phi) is 3.95. The van der Waals surface area contributed by atoms with Gasteiger partial charge in [0, 0.05) is 5.02 Å². The standard InChI is InChI=1S/C9H6BrClN2O2/c10-6-3-5(11)4-7(9(6)15)13-8(14)1-2-12/h3-4,15H,1H2,(H,13,14). The minimum Gasteiger partial charge on any atom is -0.505 e. The highest BCUT2D eigenvalue weighted by Crippen LogP contribution is 2.35. The fourth-order valence-electron chi connectivity index (χ4n) is 0.927. The molecule has 78 valence electrons. The highest BCUT2D eigenvalue weighted by molar-refractivity contribution is 9.10. The van der Waals surface area contributed by atoms with E-state index in [0.717, 1.165) is 0 Å². The number of carbonyl (C=O) groups excluding carboxylic acids is 1. The van der Waals surface area contributed by atoms with Gasteiger partial charge in [0.25, 0.3) is 0 Å². The molecule has 0 heterocycles. The molecule has 0 saturated carbocycles. The Hall–Kier alpha value is -1.25. The van der Waals surface area contributed by atoms with Crippen LogP contribution in [-0.4, -0.2) is 11.0 Å². The van der Waals surface area contributed by atoms with E-state index in [-0.39, 0.29) is 17.9 Å². The van der Waals surface area contributed by atoms with Crippen molar-refractivity contribution in [3.63, 3.8) is 0 Å². The molecule has 0 aliphatic carbocycles. The third-order valence-corrected chi connectivity index (χ3v) is 2.36. The molecule has 4 nitrogen and oxygen atoms in total. The van der Waals surface area contributed by atoms with Crippen molar-refractivity contribution in [3.8, 4) is 11.8 Å². The number of hydrogen-bond donors (Lipinski definition) is 2. The summed E-state index contributed by atoms with van der Waals surface area (Å²) >= 11 is 8.80. The summed E-state index contributed by atoms with van der Waals surface area (Å²) < 4.78 is 0.377. The number of nitriles is 1. The van der Waals surface area contributed by atoms with E-state index in [1.807, 2.05) is 0 Å². The van der Waals surface area contributed by atoms with Gasteiger partial charge in [0.1, 0.15) is 6.42 Å². The molecule has 1 aromatic carbocycles. The highest BCUT2D eigenvalue weighted by atomic mass is 79.9. The summed E-state index contributed by atoms with van der Waals surface area (Å²) in [6.45, 7) is 0. The number of rotatable bonds is 2. The zero-order chi connectivity index (χ0) is 11.4. The molecule has 0 bridgehead atoms. The number of amides is 1. The zero-order valence-electron chi connectivity index (χ0n) is 7.42. The lowest BCUT2D eigenvalue weighted by atomic mass is 10.3. The van der Waals surface area contributed by atoms with Crippen LogP contribution in [0.1, 0.15) is 6.42 Å². The summed E-state index contributed by atoms with van der Waals surface area (Å²) in [7, 11) is 0. The van der Waals surface area contributed by atoms with Crippen LogP contribution in [0.4, 0.5) is 5.69 Å².